The van der Waals surface area contributed by atoms with Crippen molar-refractivity contribution >= 4 is 0 Å². The van der Waals surface area contributed by atoms with Crippen molar-refractivity contribution in [3.8, 4) is 0 Å². The molecule has 0 heterocycles. The third-order valence-electron chi connectivity index (χ3n) is 1.69. The summed E-state index contributed by atoms with van der Waals surface area (Å²) in [6, 6.07) is 0. The van der Waals surface area contributed by atoms with Crippen LogP contribution >= 0.6 is 0 Å². The highest BCUT2D eigenvalue weighted by atomic mass is 19.2. The highest BCUT2D eigenvalue weighted by Crippen LogP contribution is 2.27. The van der Waals surface area contributed by atoms with Crippen molar-refractivity contribution in [2.45, 2.75) is 31.3 Å². The number of rotatable bonds is 0. The van der Waals surface area contributed by atoms with Crippen molar-refractivity contribution < 1.29 is 13.9 Å². The lowest BCUT2D eigenvalue weighted by molar-refractivity contribution is 0.0108. The minimum absolute atomic E-state index is 0.0538. The zero-order valence-electron chi connectivity index (χ0n) is 5.56. The summed E-state index contributed by atoms with van der Waals surface area (Å²) in [5.74, 6) is 0. The van der Waals surface area contributed by atoms with Gasteiger partial charge in [-0.2, -0.15) is 0 Å². The smallest absolute Gasteiger partial charge is 0.157 e. The zero-order chi connectivity index (χ0) is 7.72. The molecular weight excluding hydrogens is 138 g/mol. The number of halogens is 2. The number of alkyl halides is 2. The van der Waals surface area contributed by atoms with E-state index in [1.54, 1.807) is 0 Å². The Balaban J connectivity index is 2.57. The van der Waals surface area contributed by atoms with E-state index in [0.29, 0.717) is 5.57 Å². The van der Waals surface area contributed by atoms with E-state index in [-0.39, 0.29) is 12.8 Å². The van der Waals surface area contributed by atoms with Gasteiger partial charge < -0.3 is 5.11 Å². The van der Waals surface area contributed by atoms with Gasteiger partial charge in [0.2, 0.25) is 0 Å². The van der Waals surface area contributed by atoms with Crippen molar-refractivity contribution in [1.29, 1.82) is 0 Å². The van der Waals surface area contributed by atoms with E-state index in [1.807, 2.05) is 0 Å². The van der Waals surface area contributed by atoms with Crippen LogP contribution in [0, 0.1) is 0 Å². The number of aliphatic hydroxyl groups excluding tert-OH is 1. The summed E-state index contributed by atoms with van der Waals surface area (Å²) in [6.45, 7) is 3.48. The first kappa shape index (κ1) is 7.66. The molecule has 0 saturated heterocycles. The van der Waals surface area contributed by atoms with Crippen LogP contribution in [-0.2, 0) is 0 Å². The van der Waals surface area contributed by atoms with E-state index in [1.165, 1.54) is 0 Å². The first-order chi connectivity index (χ1) is 4.61. The Morgan fingerprint density at radius 3 is 2.50 bits per heavy atom. The maximum atomic E-state index is 12.5. The van der Waals surface area contributed by atoms with Gasteiger partial charge in [-0.1, -0.05) is 12.2 Å². The average Bonchev–Trinajstić information content (AvgIpc) is 1.82. The molecule has 0 radical (unpaired) electrons. The van der Waals surface area contributed by atoms with Gasteiger partial charge in [0.25, 0.3) is 0 Å². The van der Waals surface area contributed by atoms with Gasteiger partial charge in [-0.3, -0.25) is 0 Å². The van der Waals surface area contributed by atoms with Crippen LogP contribution in [0.15, 0.2) is 12.2 Å². The van der Waals surface area contributed by atoms with Crippen LogP contribution < -0.4 is 0 Å². The summed E-state index contributed by atoms with van der Waals surface area (Å²) in [6.07, 6.45) is -4.21. The normalized spacial score (nSPS) is 41.9. The molecule has 0 spiro atoms. The molecule has 3 atom stereocenters. The largest absolute Gasteiger partial charge is 0.390 e. The van der Waals surface area contributed by atoms with E-state index >= 15 is 0 Å². The molecule has 3 heteroatoms. The van der Waals surface area contributed by atoms with Gasteiger partial charge in [0.05, 0.1) is 6.10 Å². The van der Waals surface area contributed by atoms with Gasteiger partial charge in [0.1, 0.15) is 6.17 Å². The molecule has 1 fully saturated rings. The fraction of sp³-hybridized carbons (Fsp3) is 0.714. The van der Waals surface area contributed by atoms with Crippen molar-refractivity contribution in [3.05, 3.63) is 12.2 Å². The van der Waals surface area contributed by atoms with Crippen LogP contribution in [0.1, 0.15) is 12.8 Å². The van der Waals surface area contributed by atoms with Gasteiger partial charge >= 0.3 is 0 Å². The van der Waals surface area contributed by atoms with E-state index in [0.717, 1.165) is 0 Å². The average molecular weight is 148 g/mol. The third-order valence-corrected chi connectivity index (χ3v) is 1.69. The van der Waals surface area contributed by atoms with Crippen LogP contribution in [0.2, 0.25) is 0 Å². The molecule has 1 rings (SSSR count). The van der Waals surface area contributed by atoms with E-state index in [9.17, 15) is 8.78 Å². The molecule has 10 heavy (non-hydrogen) atoms. The van der Waals surface area contributed by atoms with E-state index in [4.69, 9.17) is 5.11 Å². The molecule has 0 aromatic rings. The van der Waals surface area contributed by atoms with Crippen LogP contribution in [0.25, 0.3) is 0 Å². The van der Waals surface area contributed by atoms with Gasteiger partial charge in [0, 0.05) is 6.42 Å². The molecule has 1 aliphatic rings. The standard InChI is InChI=1S/C7H10F2O/c1-4-2-5(8)7(9)6(10)3-4/h5-7,10H,1-3H2. The topological polar surface area (TPSA) is 20.2 Å². The summed E-state index contributed by atoms with van der Waals surface area (Å²) in [7, 11) is 0. The van der Waals surface area contributed by atoms with Gasteiger partial charge in [-0.25, -0.2) is 8.78 Å². The minimum Gasteiger partial charge on any atom is -0.390 e. The first-order valence-electron chi connectivity index (χ1n) is 3.24. The number of aliphatic hydroxyl groups is 1. The summed E-state index contributed by atoms with van der Waals surface area (Å²) < 4.78 is 25.0. The Morgan fingerprint density at radius 2 is 2.00 bits per heavy atom. The molecule has 0 aromatic heterocycles. The second-order valence-electron chi connectivity index (χ2n) is 2.69. The Bertz CT molecular complexity index is 133. The molecule has 1 aliphatic carbocycles. The quantitative estimate of drug-likeness (QED) is 0.514. The minimum atomic E-state index is -1.72. The highest BCUT2D eigenvalue weighted by molar-refractivity contribution is 5.06. The number of hydrogen-bond acceptors (Lipinski definition) is 1. The Kier molecular flexibility index (Phi) is 2.04. The van der Waals surface area contributed by atoms with Gasteiger partial charge in [-0.05, 0) is 6.42 Å². The summed E-state index contributed by atoms with van der Waals surface area (Å²) in [5.41, 5.74) is 0.592. The predicted octanol–water partition coefficient (Wildman–Crippen LogP) is 1.37. The summed E-state index contributed by atoms with van der Waals surface area (Å²) in [4.78, 5) is 0. The van der Waals surface area contributed by atoms with Gasteiger partial charge in [0.15, 0.2) is 6.17 Å². The molecule has 1 nitrogen and oxygen atoms in total. The van der Waals surface area contributed by atoms with Crippen molar-refractivity contribution in [2.75, 3.05) is 0 Å². The Labute approximate surface area is 58.4 Å². The molecule has 3 unspecified atom stereocenters. The van der Waals surface area contributed by atoms with Crippen LogP contribution in [0.3, 0.4) is 0 Å². The van der Waals surface area contributed by atoms with E-state index < -0.39 is 18.4 Å². The van der Waals surface area contributed by atoms with Crippen LogP contribution in [0.4, 0.5) is 8.78 Å². The Hall–Kier alpha value is -0.440. The SMILES string of the molecule is C=C1CC(O)C(F)C(F)C1. The molecule has 58 valence electrons. The molecule has 0 aromatic carbocycles. The first-order valence-corrected chi connectivity index (χ1v) is 3.24. The van der Waals surface area contributed by atoms with Crippen LogP contribution in [0.5, 0.6) is 0 Å². The summed E-state index contributed by atoms with van der Waals surface area (Å²) in [5, 5.41) is 8.84. The Morgan fingerprint density at radius 1 is 1.40 bits per heavy atom. The molecular formula is C7H10F2O. The predicted molar refractivity (Wildman–Crippen MR) is 34.2 cm³/mol. The lowest BCUT2D eigenvalue weighted by Crippen LogP contribution is -2.36. The van der Waals surface area contributed by atoms with Crippen molar-refractivity contribution in [2.24, 2.45) is 0 Å². The molecule has 1 saturated carbocycles. The molecule has 0 bridgehead atoms. The third kappa shape index (κ3) is 1.34. The van der Waals surface area contributed by atoms with Crippen LogP contribution in [-0.4, -0.2) is 23.6 Å². The maximum Gasteiger partial charge on any atom is 0.157 e. The molecule has 0 amide bonds. The number of hydrogen-bond donors (Lipinski definition) is 1. The molecule has 1 N–H and O–H groups in total. The van der Waals surface area contributed by atoms with Gasteiger partial charge in [-0.15, -0.1) is 0 Å². The molecule has 0 aliphatic heterocycles. The second kappa shape index (κ2) is 2.66. The van der Waals surface area contributed by atoms with E-state index in [2.05, 4.69) is 6.58 Å². The second-order valence-corrected chi connectivity index (χ2v) is 2.69. The highest BCUT2D eigenvalue weighted by Gasteiger charge is 2.33. The zero-order valence-corrected chi connectivity index (χ0v) is 5.56. The van der Waals surface area contributed by atoms with Crippen molar-refractivity contribution in [1.82, 2.24) is 0 Å². The monoisotopic (exact) mass is 148 g/mol. The fourth-order valence-corrected chi connectivity index (χ4v) is 1.12. The lowest BCUT2D eigenvalue weighted by Gasteiger charge is -2.26. The maximum absolute atomic E-state index is 12.5. The lowest BCUT2D eigenvalue weighted by atomic mass is 9.91. The van der Waals surface area contributed by atoms with Crippen molar-refractivity contribution in [3.63, 3.8) is 0 Å². The fourth-order valence-electron chi connectivity index (χ4n) is 1.12. The summed E-state index contributed by atoms with van der Waals surface area (Å²) >= 11 is 0.